The molecule has 0 amide bonds. The average Bonchev–Trinajstić information content (AvgIpc) is 3.38. The third-order valence-corrected chi connectivity index (χ3v) is 13.1. The van der Waals surface area contributed by atoms with Crippen molar-refractivity contribution in [2.24, 2.45) is 46.3 Å². The van der Waals surface area contributed by atoms with E-state index in [1.807, 2.05) is 0 Å². The van der Waals surface area contributed by atoms with E-state index in [1.165, 1.54) is 50.5 Å². The molecule has 50 heavy (non-hydrogen) atoms. The number of hydrogen-bond acceptors (Lipinski definition) is 3. The smallest absolute Gasteiger partial charge is 0.430 e. The van der Waals surface area contributed by atoms with Gasteiger partial charge in [0, 0.05) is 12.0 Å². The van der Waals surface area contributed by atoms with Crippen LogP contribution < -0.4 is 4.74 Å². The fraction of sp³-hybridized carbons (Fsp3) is 0.763. The summed E-state index contributed by atoms with van der Waals surface area (Å²) in [6.45, 7) is 11.9. The summed E-state index contributed by atoms with van der Waals surface area (Å²) >= 11 is 0. The maximum atomic E-state index is 14.3. The van der Waals surface area contributed by atoms with E-state index in [2.05, 4.69) is 40.7 Å². The van der Waals surface area contributed by atoms with Gasteiger partial charge in [-0.2, -0.15) is 39.5 Å². The number of benzene rings is 1. The zero-order chi connectivity index (χ0) is 37.1. The lowest BCUT2D eigenvalue weighted by Crippen LogP contribution is -2.59. The molecule has 0 spiro atoms. The van der Waals surface area contributed by atoms with Crippen molar-refractivity contribution in [3.63, 3.8) is 0 Å². The van der Waals surface area contributed by atoms with Crippen LogP contribution >= 0.6 is 0 Å². The number of carbonyl (C=O) groups excluding carboxylic acids is 1. The SMILES string of the molecule is CC(C)CCC[C@@H](C)[C@H]1CC[C@H]2[C@@H]3CC=C4C[C@@H](OC(=O)Oc5ccc(C(F)(F)C(F)(F)C(F)(F)C(F)(F)F)cc5)CC[C@]4(C)[C@H]3CC[C@]12C. The highest BCUT2D eigenvalue weighted by atomic mass is 19.4. The van der Waals surface area contributed by atoms with Crippen LogP contribution in [0.2, 0.25) is 0 Å². The van der Waals surface area contributed by atoms with Crippen LogP contribution in [0.25, 0.3) is 0 Å². The van der Waals surface area contributed by atoms with Crippen LogP contribution in [0.1, 0.15) is 111 Å². The maximum Gasteiger partial charge on any atom is 0.514 e. The molecule has 3 nitrogen and oxygen atoms in total. The molecule has 4 aliphatic rings. The molecule has 12 heteroatoms. The Morgan fingerprint density at radius 3 is 2.12 bits per heavy atom. The molecule has 0 saturated heterocycles. The van der Waals surface area contributed by atoms with E-state index in [0.29, 0.717) is 48.1 Å². The highest BCUT2D eigenvalue weighted by Crippen LogP contribution is 2.67. The third-order valence-electron chi connectivity index (χ3n) is 13.1. The topological polar surface area (TPSA) is 35.5 Å². The van der Waals surface area contributed by atoms with Gasteiger partial charge in [0.05, 0.1) is 0 Å². The monoisotopic (exact) mass is 724 g/mol. The van der Waals surface area contributed by atoms with Gasteiger partial charge in [-0.15, -0.1) is 0 Å². The zero-order valence-corrected chi connectivity index (χ0v) is 29.3. The molecule has 3 fully saturated rings. The number of alkyl halides is 9. The number of halogens is 9. The second-order valence-corrected chi connectivity index (χ2v) is 16.4. The van der Waals surface area contributed by atoms with Crippen molar-refractivity contribution in [3.05, 3.63) is 41.5 Å². The molecule has 3 saturated carbocycles. The van der Waals surface area contributed by atoms with Crippen LogP contribution in [0, 0.1) is 46.3 Å². The Balaban J connectivity index is 1.19. The molecule has 0 aromatic heterocycles. The number of fused-ring (bicyclic) bond motifs is 5. The average molecular weight is 725 g/mol. The fourth-order valence-electron chi connectivity index (χ4n) is 10.3. The largest absolute Gasteiger partial charge is 0.514 e. The molecule has 4 aliphatic carbocycles. The minimum atomic E-state index is -7.00. The van der Waals surface area contributed by atoms with Gasteiger partial charge in [-0.25, -0.2) is 4.79 Å². The number of ether oxygens (including phenoxy) is 2. The van der Waals surface area contributed by atoms with Crippen molar-refractivity contribution in [3.8, 4) is 5.75 Å². The Kier molecular flexibility index (Phi) is 10.5. The Hall–Kier alpha value is -2.40. The first-order valence-electron chi connectivity index (χ1n) is 17.9. The highest BCUT2D eigenvalue weighted by molar-refractivity contribution is 5.64. The summed E-state index contributed by atoms with van der Waals surface area (Å²) in [6.07, 6.45) is 5.45. The molecule has 0 unspecified atom stereocenters. The van der Waals surface area contributed by atoms with Gasteiger partial charge in [-0.05, 0) is 116 Å². The van der Waals surface area contributed by atoms with Gasteiger partial charge in [-0.1, -0.05) is 65.5 Å². The normalized spacial score (nSPS) is 32.5. The van der Waals surface area contributed by atoms with Crippen molar-refractivity contribution in [1.29, 1.82) is 0 Å². The summed E-state index contributed by atoms with van der Waals surface area (Å²) in [7, 11) is 0. The van der Waals surface area contributed by atoms with Gasteiger partial charge >= 0.3 is 30.1 Å². The number of allylic oxidation sites excluding steroid dienone is 1. The molecular weight excluding hydrogens is 675 g/mol. The molecule has 282 valence electrons. The summed E-state index contributed by atoms with van der Waals surface area (Å²) < 4.78 is 131. The van der Waals surface area contributed by atoms with E-state index < -0.39 is 47.5 Å². The summed E-state index contributed by atoms with van der Waals surface area (Å²) in [5.74, 6) is -16.1. The van der Waals surface area contributed by atoms with Gasteiger partial charge in [0.1, 0.15) is 11.9 Å². The van der Waals surface area contributed by atoms with Crippen LogP contribution in [0.4, 0.5) is 44.3 Å². The lowest BCUT2D eigenvalue weighted by molar-refractivity contribution is -0.399. The highest BCUT2D eigenvalue weighted by Gasteiger charge is 2.82. The fourth-order valence-corrected chi connectivity index (χ4v) is 10.3. The predicted octanol–water partition coefficient (Wildman–Crippen LogP) is 12.5. The van der Waals surface area contributed by atoms with Crippen molar-refractivity contribution in [1.82, 2.24) is 0 Å². The number of hydrogen-bond donors (Lipinski definition) is 0. The number of rotatable bonds is 10. The van der Waals surface area contributed by atoms with Crippen molar-refractivity contribution >= 4 is 6.16 Å². The molecule has 8 atom stereocenters. The van der Waals surface area contributed by atoms with Crippen LogP contribution in [0.5, 0.6) is 5.75 Å². The van der Waals surface area contributed by atoms with Crippen LogP contribution in [0.3, 0.4) is 0 Å². The molecule has 0 aliphatic heterocycles. The second-order valence-electron chi connectivity index (χ2n) is 16.4. The molecule has 1 aromatic carbocycles. The van der Waals surface area contributed by atoms with Gasteiger partial charge in [0.15, 0.2) is 0 Å². The van der Waals surface area contributed by atoms with E-state index >= 15 is 0 Å². The first-order valence-corrected chi connectivity index (χ1v) is 17.9. The van der Waals surface area contributed by atoms with E-state index in [0.717, 1.165) is 30.6 Å². The van der Waals surface area contributed by atoms with Gasteiger partial charge < -0.3 is 9.47 Å². The Morgan fingerprint density at radius 2 is 1.50 bits per heavy atom. The van der Waals surface area contributed by atoms with Crippen LogP contribution in [0.15, 0.2) is 35.9 Å². The zero-order valence-electron chi connectivity index (χ0n) is 29.3. The standard InChI is InChI=1S/C38H49F9O3/c1-22(2)7-6-8-23(3)29-15-16-30-28-14-11-25-21-27(17-19-33(25,4)31(28)18-20-34(29,30)5)50-32(48)49-26-12-9-24(10-13-26)35(39,40)36(41,42)37(43,44)38(45,46)47/h9-13,22-23,27-31H,6-8,14-21H2,1-5H3/t23-,27+,28+,29-,30+,31+,33+,34-/m1/s1. The Labute approximate surface area is 288 Å². The lowest BCUT2D eigenvalue weighted by atomic mass is 9.47. The molecule has 5 rings (SSSR count). The quantitative estimate of drug-likeness (QED) is 0.104. The summed E-state index contributed by atoms with van der Waals surface area (Å²) in [5, 5.41) is 0. The third kappa shape index (κ3) is 6.67. The summed E-state index contributed by atoms with van der Waals surface area (Å²) in [4.78, 5) is 12.6. The number of carbonyl (C=O) groups is 1. The van der Waals surface area contributed by atoms with E-state index in [4.69, 9.17) is 9.47 Å². The second kappa shape index (κ2) is 13.5. The van der Waals surface area contributed by atoms with Gasteiger partial charge in [-0.3, -0.25) is 0 Å². The maximum absolute atomic E-state index is 14.3. The van der Waals surface area contributed by atoms with Crippen molar-refractivity contribution in [2.45, 2.75) is 135 Å². The molecule has 0 N–H and O–H groups in total. The minimum Gasteiger partial charge on any atom is -0.430 e. The van der Waals surface area contributed by atoms with Crippen LogP contribution in [-0.2, 0) is 10.7 Å². The Bertz CT molecular complexity index is 1400. The van der Waals surface area contributed by atoms with E-state index in [-0.39, 0.29) is 17.5 Å². The molecule has 0 heterocycles. The summed E-state index contributed by atoms with van der Waals surface area (Å²) in [6, 6.07) is 1.61. The Morgan fingerprint density at radius 1 is 0.840 bits per heavy atom. The van der Waals surface area contributed by atoms with Gasteiger partial charge in [0.2, 0.25) is 0 Å². The van der Waals surface area contributed by atoms with Crippen molar-refractivity contribution in [2.75, 3.05) is 0 Å². The first kappa shape index (κ1) is 38.8. The van der Waals surface area contributed by atoms with Crippen molar-refractivity contribution < 1.29 is 53.8 Å². The molecule has 1 aromatic rings. The van der Waals surface area contributed by atoms with Gasteiger partial charge in [0.25, 0.3) is 0 Å². The van der Waals surface area contributed by atoms with E-state index in [1.54, 1.807) is 0 Å². The first-order chi connectivity index (χ1) is 23.1. The molecule has 0 bridgehead atoms. The molecule has 0 radical (unpaired) electrons. The lowest BCUT2D eigenvalue weighted by Gasteiger charge is -2.58. The minimum absolute atomic E-state index is 0.0129. The van der Waals surface area contributed by atoms with E-state index in [9.17, 15) is 44.3 Å². The van der Waals surface area contributed by atoms with Crippen LogP contribution in [-0.4, -0.2) is 30.3 Å². The summed E-state index contributed by atoms with van der Waals surface area (Å²) in [5.41, 5.74) is -0.214. The predicted molar refractivity (Wildman–Crippen MR) is 170 cm³/mol. The molecular formula is C38H49F9O3.